The third-order valence-electron chi connectivity index (χ3n) is 2.83. The van der Waals surface area contributed by atoms with Gasteiger partial charge in [0.2, 0.25) is 5.89 Å². The van der Waals surface area contributed by atoms with Crippen LogP contribution >= 0.6 is 11.6 Å². The average Bonchev–Trinajstić information content (AvgIpc) is 2.65. The van der Waals surface area contributed by atoms with Crippen molar-refractivity contribution in [2.75, 3.05) is 13.1 Å². The molecule has 0 saturated carbocycles. The Balaban J connectivity index is 1.95. The van der Waals surface area contributed by atoms with Crippen molar-refractivity contribution in [1.82, 2.24) is 10.3 Å². The predicted octanol–water partition coefficient (Wildman–Crippen LogP) is 2.68. The summed E-state index contributed by atoms with van der Waals surface area (Å²) in [4.78, 5) is 4.47. The van der Waals surface area contributed by atoms with Crippen molar-refractivity contribution in [2.24, 2.45) is 0 Å². The highest BCUT2D eigenvalue weighted by atomic mass is 35.5. The number of aromatic nitrogens is 1. The van der Waals surface area contributed by atoms with Crippen LogP contribution in [0.3, 0.4) is 0 Å². The smallest absolute Gasteiger partial charge is 0.227 e. The topological polar surface area (TPSA) is 38.1 Å². The van der Waals surface area contributed by atoms with Crippen LogP contribution in [0.25, 0.3) is 11.5 Å². The molecule has 2 heterocycles. The minimum Gasteiger partial charge on any atom is -0.444 e. The molecular formula is C12H11ClN2O. The van der Waals surface area contributed by atoms with Crippen molar-refractivity contribution in [3.8, 4) is 11.5 Å². The Bertz CT molecular complexity index is 505. The molecule has 1 N–H and O–H groups in total. The first-order chi connectivity index (χ1) is 7.84. The molecule has 0 bridgehead atoms. The molecule has 0 unspecified atom stereocenters. The quantitative estimate of drug-likeness (QED) is 0.868. The van der Waals surface area contributed by atoms with E-state index in [-0.39, 0.29) is 0 Å². The molecule has 3 nitrogen and oxygen atoms in total. The molecule has 3 rings (SSSR count). The van der Waals surface area contributed by atoms with Gasteiger partial charge in [0.25, 0.3) is 0 Å². The Kier molecular flexibility index (Phi) is 2.42. The van der Waals surface area contributed by atoms with Crippen LogP contribution < -0.4 is 5.32 Å². The molecule has 16 heavy (non-hydrogen) atoms. The lowest BCUT2D eigenvalue weighted by molar-refractivity contribution is 0.438. The molecule has 1 aliphatic rings. The van der Waals surface area contributed by atoms with Crippen molar-refractivity contribution >= 4 is 11.6 Å². The fourth-order valence-electron chi connectivity index (χ4n) is 1.73. The number of hydrogen-bond acceptors (Lipinski definition) is 3. The molecule has 0 amide bonds. The second kappa shape index (κ2) is 3.92. The molecule has 1 aliphatic heterocycles. The number of nitrogens with zero attached hydrogens (tertiary/aromatic N) is 1. The van der Waals surface area contributed by atoms with Crippen molar-refractivity contribution < 1.29 is 4.42 Å². The maximum Gasteiger partial charge on any atom is 0.227 e. The molecule has 0 radical (unpaired) electrons. The molecule has 0 aliphatic carbocycles. The van der Waals surface area contributed by atoms with Crippen molar-refractivity contribution in [3.05, 3.63) is 41.2 Å². The van der Waals surface area contributed by atoms with Crippen LogP contribution in [-0.2, 0) is 0 Å². The molecular weight excluding hydrogens is 224 g/mol. The van der Waals surface area contributed by atoms with Gasteiger partial charge in [-0.25, -0.2) is 4.98 Å². The number of oxazole rings is 1. The lowest BCUT2D eigenvalue weighted by atomic mass is 10.0. The van der Waals surface area contributed by atoms with Crippen molar-refractivity contribution in [1.29, 1.82) is 0 Å². The molecule has 4 heteroatoms. The van der Waals surface area contributed by atoms with Crippen molar-refractivity contribution in [2.45, 2.75) is 5.92 Å². The highest BCUT2D eigenvalue weighted by Gasteiger charge is 2.23. The van der Waals surface area contributed by atoms with Gasteiger partial charge in [-0.3, -0.25) is 0 Å². The molecule has 1 fully saturated rings. The van der Waals surface area contributed by atoms with Gasteiger partial charge in [-0.2, -0.15) is 0 Å². The fraction of sp³-hybridized carbons (Fsp3) is 0.250. The summed E-state index contributed by atoms with van der Waals surface area (Å²) in [5.41, 5.74) is 1.86. The van der Waals surface area contributed by atoms with Gasteiger partial charge in [-0.15, -0.1) is 0 Å². The second-order valence-electron chi connectivity index (χ2n) is 3.91. The Hall–Kier alpha value is -1.32. The van der Waals surface area contributed by atoms with Gasteiger partial charge in [-0.1, -0.05) is 23.7 Å². The van der Waals surface area contributed by atoms with E-state index in [1.165, 1.54) is 0 Å². The number of hydrogen-bond donors (Lipinski definition) is 1. The summed E-state index contributed by atoms with van der Waals surface area (Å²) in [5, 5.41) is 3.88. The minimum absolute atomic E-state index is 0.486. The molecule has 1 aromatic carbocycles. The summed E-state index contributed by atoms with van der Waals surface area (Å²) < 4.78 is 5.47. The first-order valence-electron chi connectivity index (χ1n) is 5.25. The number of benzene rings is 1. The first kappa shape index (κ1) is 9.87. The van der Waals surface area contributed by atoms with Gasteiger partial charge in [0, 0.05) is 19.0 Å². The third kappa shape index (κ3) is 1.62. The Morgan fingerprint density at radius 3 is 2.81 bits per heavy atom. The van der Waals surface area contributed by atoms with Gasteiger partial charge >= 0.3 is 0 Å². The SMILES string of the molecule is Clc1ccccc1-c1nc(C2CNC2)co1. The van der Waals surface area contributed by atoms with Crippen LogP contribution in [0, 0.1) is 0 Å². The molecule has 1 saturated heterocycles. The summed E-state index contributed by atoms with van der Waals surface area (Å²) in [6.07, 6.45) is 1.73. The minimum atomic E-state index is 0.486. The highest BCUT2D eigenvalue weighted by Crippen LogP contribution is 2.29. The van der Waals surface area contributed by atoms with Crippen LogP contribution in [0.4, 0.5) is 0 Å². The van der Waals surface area contributed by atoms with Crippen LogP contribution in [0.15, 0.2) is 34.9 Å². The Labute approximate surface area is 98.4 Å². The number of nitrogens with one attached hydrogen (secondary N) is 1. The molecule has 0 spiro atoms. The van der Waals surface area contributed by atoms with E-state index in [1.807, 2.05) is 24.3 Å². The number of halogens is 1. The summed E-state index contributed by atoms with van der Waals surface area (Å²) >= 11 is 6.08. The van der Waals surface area contributed by atoms with Crippen LogP contribution in [0.2, 0.25) is 5.02 Å². The zero-order valence-electron chi connectivity index (χ0n) is 8.61. The van der Waals surface area contributed by atoms with Crippen LogP contribution in [0.5, 0.6) is 0 Å². The van der Waals surface area contributed by atoms with E-state index in [9.17, 15) is 0 Å². The van der Waals surface area contributed by atoms with E-state index in [1.54, 1.807) is 6.26 Å². The van der Waals surface area contributed by atoms with Gasteiger partial charge in [0.1, 0.15) is 6.26 Å². The maximum atomic E-state index is 6.08. The maximum absolute atomic E-state index is 6.08. The number of rotatable bonds is 2. The van der Waals surface area contributed by atoms with Gasteiger partial charge in [0.05, 0.1) is 16.3 Å². The van der Waals surface area contributed by atoms with Crippen LogP contribution in [-0.4, -0.2) is 18.1 Å². The zero-order valence-corrected chi connectivity index (χ0v) is 9.37. The summed E-state index contributed by atoms with van der Waals surface area (Å²) in [5.74, 6) is 1.09. The van der Waals surface area contributed by atoms with Crippen molar-refractivity contribution in [3.63, 3.8) is 0 Å². The monoisotopic (exact) mass is 234 g/mol. The van der Waals surface area contributed by atoms with E-state index in [0.717, 1.165) is 24.3 Å². The lowest BCUT2D eigenvalue weighted by Crippen LogP contribution is -2.40. The predicted molar refractivity (Wildman–Crippen MR) is 62.6 cm³/mol. The molecule has 82 valence electrons. The highest BCUT2D eigenvalue weighted by molar-refractivity contribution is 6.33. The summed E-state index contributed by atoms with van der Waals surface area (Å²) in [7, 11) is 0. The van der Waals surface area contributed by atoms with E-state index >= 15 is 0 Å². The summed E-state index contributed by atoms with van der Waals surface area (Å²) in [6.45, 7) is 1.96. The third-order valence-corrected chi connectivity index (χ3v) is 3.16. The second-order valence-corrected chi connectivity index (χ2v) is 4.32. The standard InChI is InChI=1S/C12H11ClN2O/c13-10-4-2-1-3-9(10)12-15-11(7-16-12)8-5-14-6-8/h1-4,7-8,14H,5-6H2. The normalized spacial score (nSPS) is 16.1. The molecule has 1 aromatic heterocycles. The zero-order chi connectivity index (χ0) is 11.0. The molecule has 0 atom stereocenters. The largest absolute Gasteiger partial charge is 0.444 e. The first-order valence-corrected chi connectivity index (χ1v) is 5.63. The fourth-order valence-corrected chi connectivity index (χ4v) is 1.95. The Morgan fingerprint density at radius 2 is 2.12 bits per heavy atom. The Morgan fingerprint density at radius 1 is 1.31 bits per heavy atom. The molecule has 2 aromatic rings. The van der Waals surface area contributed by atoms with E-state index in [0.29, 0.717) is 16.8 Å². The summed E-state index contributed by atoms with van der Waals surface area (Å²) in [6, 6.07) is 7.57. The van der Waals surface area contributed by atoms with E-state index in [2.05, 4.69) is 10.3 Å². The van der Waals surface area contributed by atoms with Crippen LogP contribution in [0.1, 0.15) is 11.6 Å². The lowest BCUT2D eigenvalue weighted by Gasteiger charge is -2.24. The average molecular weight is 235 g/mol. The van der Waals surface area contributed by atoms with Gasteiger partial charge in [-0.05, 0) is 12.1 Å². The van der Waals surface area contributed by atoms with E-state index < -0.39 is 0 Å². The van der Waals surface area contributed by atoms with Gasteiger partial charge < -0.3 is 9.73 Å². The van der Waals surface area contributed by atoms with Gasteiger partial charge in [0.15, 0.2) is 0 Å². The van der Waals surface area contributed by atoms with E-state index in [4.69, 9.17) is 16.0 Å².